The number of aldehydes is 1. The number of amides is 1. The Morgan fingerprint density at radius 1 is 1.36 bits per heavy atom. The summed E-state index contributed by atoms with van der Waals surface area (Å²) in [5.41, 5.74) is 2.59. The molecule has 2 aromatic rings. The van der Waals surface area contributed by atoms with Crippen molar-refractivity contribution in [3.63, 3.8) is 0 Å². The minimum absolute atomic E-state index is 0.320. The van der Waals surface area contributed by atoms with Crippen molar-refractivity contribution in [1.82, 2.24) is 9.88 Å². The van der Waals surface area contributed by atoms with Gasteiger partial charge in [-0.1, -0.05) is 17.7 Å². The molecule has 0 saturated heterocycles. The number of carboxylic acid groups (broad SMARTS) is 1. The van der Waals surface area contributed by atoms with Crippen LogP contribution in [-0.2, 0) is 0 Å². The van der Waals surface area contributed by atoms with Gasteiger partial charge in [-0.25, -0.2) is 4.79 Å². The number of carbonyl (C=O) groups excluding carboxylic acids is 1. The highest BCUT2D eigenvalue weighted by atomic mass is 35.5. The van der Waals surface area contributed by atoms with Gasteiger partial charge in [0.2, 0.25) is 0 Å². The molecule has 0 saturated carbocycles. The maximum atomic E-state index is 11.9. The Bertz CT molecular complexity index is 889. The predicted octanol–water partition coefficient (Wildman–Crippen LogP) is 5.37. The smallest absolute Gasteiger partial charge is 0.408 e. The van der Waals surface area contributed by atoms with E-state index in [2.05, 4.69) is 4.98 Å². The van der Waals surface area contributed by atoms with Gasteiger partial charge in [0.05, 0.1) is 13.2 Å². The van der Waals surface area contributed by atoms with E-state index in [1.165, 1.54) is 12.0 Å². The molecule has 6 nitrogen and oxygen atoms in total. The molecule has 1 amide bonds. The number of methoxy groups -OCH3 is 1. The summed E-state index contributed by atoms with van der Waals surface area (Å²) in [5, 5.41) is 10.3. The van der Waals surface area contributed by atoms with Crippen LogP contribution in [0.3, 0.4) is 0 Å². The van der Waals surface area contributed by atoms with E-state index >= 15 is 0 Å². The Morgan fingerprint density at radius 3 is 2.43 bits per heavy atom. The second-order valence-corrected chi connectivity index (χ2v) is 7.98. The Kier molecular flexibility index (Phi) is 6.34. The normalized spacial score (nSPS) is 12.4. The summed E-state index contributed by atoms with van der Waals surface area (Å²) in [6.07, 6.45) is 1.23. The van der Waals surface area contributed by atoms with Crippen molar-refractivity contribution in [2.24, 2.45) is 0 Å². The van der Waals surface area contributed by atoms with Gasteiger partial charge >= 0.3 is 6.09 Å². The molecule has 1 N–H and O–H groups in total. The fourth-order valence-corrected chi connectivity index (χ4v) is 3.63. The average molecular weight is 405 g/mol. The quantitative estimate of drug-likeness (QED) is 0.677. The molecule has 1 atom stereocenters. The van der Waals surface area contributed by atoms with Crippen LogP contribution in [0.2, 0.25) is 5.02 Å². The molecule has 1 aromatic heterocycles. The monoisotopic (exact) mass is 404 g/mol. The number of aromatic nitrogens is 1. The van der Waals surface area contributed by atoms with E-state index in [1.807, 2.05) is 27.7 Å². The molecule has 28 heavy (non-hydrogen) atoms. The first-order chi connectivity index (χ1) is 13.0. The second-order valence-electron chi connectivity index (χ2n) is 7.57. The van der Waals surface area contributed by atoms with Gasteiger partial charge in [-0.05, 0) is 52.3 Å². The highest BCUT2D eigenvalue weighted by Crippen LogP contribution is 2.44. The average Bonchev–Trinajstić information content (AvgIpc) is 2.62. The molecule has 0 radical (unpaired) electrons. The minimum Gasteiger partial charge on any atom is -0.496 e. The van der Waals surface area contributed by atoms with E-state index in [1.54, 1.807) is 31.3 Å². The van der Waals surface area contributed by atoms with Gasteiger partial charge in [0.15, 0.2) is 6.29 Å². The SMILES string of the molecule is COc1c(C(C)N(C(=O)O)C(C)(C)C)cc(Cl)c(C)c1-c1ccc(C=O)nc1. The van der Waals surface area contributed by atoms with Crippen molar-refractivity contribution >= 4 is 24.0 Å². The first-order valence-electron chi connectivity index (χ1n) is 8.83. The molecule has 0 aliphatic heterocycles. The topological polar surface area (TPSA) is 79.7 Å². The molecule has 7 heteroatoms. The number of ether oxygens (including phenoxy) is 1. The highest BCUT2D eigenvalue weighted by Gasteiger charge is 2.34. The lowest BCUT2D eigenvalue weighted by molar-refractivity contribution is 0.0745. The van der Waals surface area contributed by atoms with Gasteiger partial charge in [0, 0.05) is 33.4 Å². The molecular formula is C21H25ClN2O4. The van der Waals surface area contributed by atoms with E-state index in [9.17, 15) is 14.7 Å². The largest absolute Gasteiger partial charge is 0.496 e. The predicted molar refractivity (Wildman–Crippen MR) is 109 cm³/mol. The summed E-state index contributed by atoms with van der Waals surface area (Å²) in [6, 6.07) is 4.62. The number of nitrogens with zero attached hydrogens (tertiary/aromatic N) is 2. The van der Waals surface area contributed by atoms with Gasteiger partial charge in [0.1, 0.15) is 11.4 Å². The van der Waals surface area contributed by atoms with E-state index < -0.39 is 17.7 Å². The summed E-state index contributed by atoms with van der Waals surface area (Å²) >= 11 is 6.50. The van der Waals surface area contributed by atoms with Crippen molar-refractivity contribution in [3.05, 3.63) is 46.2 Å². The summed E-state index contributed by atoms with van der Waals surface area (Å²) in [6.45, 7) is 9.18. The number of halogens is 1. The van der Waals surface area contributed by atoms with Crippen molar-refractivity contribution < 1.29 is 19.4 Å². The van der Waals surface area contributed by atoms with E-state index in [4.69, 9.17) is 16.3 Å². The lowest BCUT2D eigenvalue weighted by Crippen LogP contribution is -2.46. The molecular weight excluding hydrogens is 380 g/mol. The van der Waals surface area contributed by atoms with Crippen molar-refractivity contribution in [2.75, 3.05) is 7.11 Å². The molecule has 1 aromatic carbocycles. The summed E-state index contributed by atoms with van der Waals surface area (Å²) in [7, 11) is 1.54. The minimum atomic E-state index is -1.03. The number of carbonyl (C=O) groups is 2. The third-order valence-electron chi connectivity index (χ3n) is 4.67. The standard InChI is InChI=1S/C21H25ClN2O4/c1-12-17(22)9-16(13(2)24(20(26)27)21(3,4)5)19(28-6)18(12)14-7-8-15(11-25)23-10-14/h7-11,13H,1-6H3,(H,26,27). The molecule has 1 unspecified atom stereocenters. The van der Waals surface area contributed by atoms with Crippen LogP contribution < -0.4 is 4.74 Å². The molecule has 0 aliphatic rings. The summed E-state index contributed by atoms with van der Waals surface area (Å²) in [4.78, 5) is 28.3. The molecule has 150 valence electrons. The Hall–Kier alpha value is -2.60. The summed E-state index contributed by atoms with van der Waals surface area (Å²) in [5.74, 6) is 0.533. The lowest BCUT2D eigenvalue weighted by Gasteiger charge is -2.39. The van der Waals surface area contributed by atoms with Gasteiger partial charge in [0.25, 0.3) is 0 Å². The zero-order valence-corrected chi connectivity index (χ0v) is 17.7. The molecule has 0 bridgehead atoms. The maximum absolute atomic E-state index is 11.9. The molecule has 0 aliphatic carbocycles. The number of benzene rings is 1. The third-order valence-corrected chi connectivity index (χ3v) is 5.06. The van der Waals surface area contributed by atoms with Crippen LogP contribution in [0.5, 0.6) is 5.75 Å². The first-order valence-corrected chi connectivity index (χ1v) is 9.21. The Morgan fingerprint density at radius 2 is 2.00 bits per heavy atom. The number of hydrogen-bond acceptors (Lipinski definition) is 4. The zero-order valence-electron chi connectivity index (χ0n) is 16.9. The summed E-state index contributed by atoms with van der Waals surface area (Å²) < 4.78 is 5.71. The first kappa shape index (κ1) is 21.7. The number of hydrogen-bond donors (Lipinski definition) is 1. The fraction of sp³-hybridized carbons (Fsp3) is 0.381. The van der Waals surface area contributed by atoms with Crippen LogP contribution in [0.15, 0.2) is 24.4 Å². The van der Waals surface area contributed by atoms with Gasteiger partial charge in [-0.3, -0.25) is 14.7 Å². The van der Waals surface area contributed by atoms with Crippen molar-refractivity contribution in [1.29, 1.82) is 0 Å². The van der Waals surface area contributed by atoms with Crippen LogP contribution >= 0.6 is 11.6 Å². The Balaban J connectivity index is 2.74. The van der Waals surface area contributed by atoms with Gasteiger partial charge in [-0.15, -0.1) is 0 Å². The number of rotatable bonds is 5. The molecule has 0 spiro atoms. The van der Waals surface area contributed by atoms with Gasteiger partial charge in [-0.2, -0.15) is 0 Å². The third kappa shape index (κ3) is 4.12. The number of pyridine rings is 1. The molecule has 1 heterocycles. The second kappa shape index (κ2) is 8.19. The van der Waals surface area contributed by atoms with Crippen LogP contribution in [0, 0.1) is 6.92 Å². The van der Waals surface area contributed by atoms with Crippen LogP contribution in [0.25, 0.3) is 11.1 Å². The highest BCUT2D eigenvalue weighted by molar-refractivity contribution is 6.32. The van der Waals surface area contributed by atoms with Gasteiger partial charge < -0.3 is 9.84 Å². The maximum Gasteiger partial charge on any atom is 0.408 e. The fourth-order valence-electron chi connectivity index (χ4n) is 3.42. The van der Waals surface area contributed by atoms with Crippen LogP contribution in [0.4, 0.5) is 4.79 Å². The van der Waals surface area contributed by atoms with Crippen molar-refractivity contribution in [3.8, 4) is 16.9 Å². The molecule has 0 fully saturated rings. The van der Waals surface area contributed by atoms with E-state index in [0.29, 0.717) is 28.3 Å². The Labute approximate surface area is 170 Å². The zero-order chi connectivity index (χ0) is 21.2. The van der Waals surface area contributed by atoms with E-state index in [0.717, 1.165) is 16.7 Å². The van der Waals surface area contributed by atoms with Crippen LogP contribution in [0.1, 0.15) is 55.4 Å². The lowest BCUT2D eigenvalue weighted by atomic mass is 9.92. The van der Waals surface area contributed by atoms with E-state index in [-0.39, 0.29) is 0 Å². The molecule has 2 rings (SSSR count). The van der Waals surface area contributed by atoms with Crippen LogP contribution in [-0.4, -0.2) is 40.0 Å². The van der Waals surface area contributed by atoms with Crippen molar-refractivity contribution in [2.45, 2.75) is 46.2 Å².